The Balaban J connectivity index is 1.39. The molecule has 0 spiro atoms. The lowest BCUT2D eigenvalue weighted by atomic mass is 9.86. The van der Waals surface area contributed by atoms with Crippen molar-refractivity contribution in [1.82, 2.24) is 19.9 Å². The molecule has 166 valence electrons. The molecular weight excluding hydrogens is 428 g/mol. The molecular formula is C22H18F4N4O2. The summed E-state index contributed by atoms with van der Waals surface area (Å²) in [4.78, 5) is 26.6. The lowest BCUT2D eigenvalue weighted by Crippen LogP contribution is -2.37. The van der Waals surface area contributed by atoms with Crippen molar-refractivity contribution in [3.8, 4) is 11.5 Å². The molecule has 5 rings (SSSR count). The van der Waals surface area contributed by atoms with Gasteiger partial charge in [0.15, 0.2) is 5.69 Å². The van der Waals surface area contributed by atoms with Gasteiger partial charge in [-0.15, -0.1) is 0 Å². The number of nitrogens with zero attached hydrogens (tertiary/aromatic N) is 4. The van der Waals surface area contributed by atoms with Gasteiger partial charge < -0.3 is 9.32 Å². The summed E-state index contributed by atoms with van der Waals surface area (Å²) in [6, 6.07) is 4.11. The average molecular weight is 446 g/mol. The highest BCUT2D eigenvalue weighted by Gasteiger charge is 2.49. The molecule has 1 aromatic carbocycles. The molecule has 1 amide bonds. The normalized spacial score (nSPS) is 22.5. The molecule has 0 N–H and O–H groups in total. The molecule has 2 aliphatic rings. The van der Waals surface area contributed by atoms with Crippen LogP contribution in [0.3, 0.4) is 0 Å². The van der Waals surface area contributed by atoms with Gasteiger partial charge in [0.1, 0.15) is 12.1 Å². The fourth-order valence-electron chi connectivity index (χ4n) is 4.93. The molecule has 6 nitrogen and oxygen atoms in total. The van der Waals surface area contributed by atoms with Crippen LogP contribution < -0.4 is 0 Å². The molecule has 2 bridgehead atoms. The van der Waals surface area contributed by atoms with Crippen molar-refractivity contribution >= 4 is 5.91 Å². The van der Waals surface area contributed by atoms with Crippen molar-refractivity contribution in [2.75, 3.05) is 0 Å². The van der Waals surface area contributed by atoms with Gasteiger partial charge in [0.2, 0.25) is 5.89 Å². The number of hydrogen-bond donors (Lipinski definition) is 0. The first-order valence-corrected chi connectivity index (χ1v) is 10.2. The zero-order valence-corrected chi connectivity index (χ0v) is 16.7. The van der Waals surface area contributed by atoms with Gasteiger partial charge in [-0.05, 0) is 43.7 Å². The smallest absolute Gasteiger partial charge is 0.434 e. The van der Waals surface area contributed by atoms with Gasteiger partial charge >= 0.3 is 6.18 Å². The number of fused-ring (bicyclic) bond motifs is 2. The standard InChI is InChI=1S/C22H18F4N4O2/c23-16-3-1-2-15(20-27-6-7-32-20)19(16)21(31)30-14-4-5-17(30)12(9-14)8-13-10-29-18(11-28-13)22(24,25)26/h1-3,6-7,10-12,14,17H,4-5,8-9H2. The van der Waals surface area contributed by atoms with E-state index in [1.165, 1.54) is 24.6 Å². The number of carbonyl (C=O) groups is 1. The van der Waals surface area contributed by atoms with E-state index < -0.39 is 23.6 Å². The minimum atomic E-state index is -4.54. The van der Waals surface area contributed by atoms with E-state index in [4.69, 9.17) is 4.42 Å². The second-order valence-corrected chi connectivity index (χ2v) is 8.10. The topological polar surface area (TPSA) is 72.1 Å². The Morgan fingerprint density at radius 2 is 2.00 bits per heavy atom. The van der Waals surface area contributed by atoms with Crippen LogP contribution in [0.5, 0.6) is 0 Å². The molecule has 0 aliphatic carbocycles. The first-order valence-electron chi connectivity index (χ1n) is 10.2. The van der Waals surface area contributed by atoms with Crippen LogP contribution in [-0.2, 0) is 12.6 Å². The van der Waals surface area contributed by atoms with Crippen LogP contribution in [0.1, 0.15) is 41.0 Å². The van der Waals surface area contributed by atoms with Gasteiger partial charge in [-0.2, -0.15) is 13.2 Å². The predicted molar refractivity (Wildman–Crippen MR) is 104 cm³/mol. The van der Waals surface area contributed by atoms with E-state index in [-0.39, 0.29) is 35.0 Å². The molecule has 4 heterocycles. The Morgan fingerprint density at radius 3 is 2.69 bits per heavy atom. The summed E-state index contributed by atoms with van der Waals surface area (Å²) >= 11 is 0. The SMILES string of the molecule is O=C(c1c(F)cccc1-c1ncco1)N1C2CCC1C(Cc1cnc(C(F)(F)F)cn1)C2. The first-order chi connectivity index (χ1) is 15.3. The number of amides is 1. The number of oxazole rings is 1. The Hall–Kier alpha value is -3.30. The van der Waals surface area contributed by atoms with Crippen molar-refractivity contribution in [2.45, 2.75) is 43.9 Å². The fourth-order valence-corrected chi connectivity index (χ4v) is 4.93. The van der Waals surface area contributed by atoms with Crippen molar-refractivity contribution in [2.24, 2.45) is 5.92 Å². The maximum Gasteiger partial charge on any atom is 0.434 e. The number of alkyl halides is 3. The zero-order chi connectivity index (χ0) is 22.5. The van der Waals surface area contributed by atoms with Crippen molar-refractivity contribution in [3.05, 3.63) is 65.8 Å². The second kappa shape index (κ2) is 7.68. The average Bonchev–Trinajstić information content (AvgIpc) is 3.49. The van der Waals surface area contributed by atoms with E-state index in [0.29, 0.717) is 18.5 Å². The number of rotatable bonds is 4. The molecule has 0 saturated carbocycles. The summed E-state index contributed by atoms with van der Waals surface area (Å²) in [6.07, 6.45) is 2.74. The Bertz CT molecular complexity index is 1130. The molecule has 2 fully saturated rings. The maximum absolute atomic E-state index is 14.8. The third kappa shape index (κ3) is 3.53. The van der Waals surface area contributed by atoms with Crippen molar-refractivity contribution < 1.29 is 26.8 Å². The third-order valence-corrected chi connectivity index (χ3v) is 6.26. The van der Waals surface area contributed by atoms with Gasteiger partial charge in [-0.25, -0.2) is 14.4 Å². The van der Waals surface area contributed by atoms with Crippen LogP contribution in [-0.4, -0.2) is 37.8 Å². The van der Waals surface area contributed by atoms with Crippen LogP contribution in [0.4, 0.5) is 17.6 Å². The largest absolute Gasteiger partial charge is 0.445 e. The molecule has 32 heavy (non-hydrogen) atoms. The third-order valence-electron chi connectivity index (χ3n) is 6.26. The zero-order valence-electron chi connectivity index (χ0n) is 16.7. The highest BCUT2D eigenvalue weighted by atomic mass is 19.4. The van der Waals surface area contributed by atoms with Crippen LogP contribution in [0, 0.1) is 11.7 Å². The van der Waals surface area contributed by atoms with Gasteiger partial charge in [-0.1, -0.05) is 6.07 Å². The van der Waals surface area contributed by atoms with E-state index in [2.05, 4.69) is 15.0 Å². The molecule has 2 aliphatic heterocycles. The van der Waals surface area contributed by atoms with Gasteiger partial charge in [-0.3, -0.25) is 9.78 Å². The predicted octanol–water partition coefficient (Wildman–Crippen LogP) is 4.53. The van der Waals surface area contributed by atoms with E-state index in [0.717, 1.165) is 25.2 Å². The van der Waals surface area contributed by atoms with E-state index in [1.54, 1.807) is 11.0 Å². The molecule has 10 heteroatoms. The van der Waals surface area contributed by atoms with Crippen LogP contribution in [0.15, 0.2) is 47.5 Å². The monoisotopic (exact) mass is 446 g/mol. The highest BCUT2D eigenvalue weighted by Crippen LogP contribution is 2.44. The first kappa shape index (κ1) is 20.6. The second-order valence-electron chi connectivity index (χ2n) is 8.10. The molecule has 3 unspecified atom stereocenters. The fraction of sp³-hybridized carbons (Fsp3) is 0.364. The lowest BCUT2D eigenvalue weighted by molar-refractivity contribution is -0.141. The van der Waals surface area contributed by atoms with E-state index in [1.807, 2.05) is 0 Å². The Labute approximate surface area is 180 Å². The van der Waals surface area contributed by atoms with Gasteiger partial charge in [0, 0.05) is 18.3 Å². The minimum absolute atomic E-state index is 0.0145. The lowest BCUT2D eigenvalue weighted by Gasteiger charge is -2.25. The minimum Gasteiger partial charge on any atom is -0.445 e. The summed E-state index contributed by atoms with van der Waals surface area (Å²) in [6.45, 7) is 0. The van der Waals surface area contributed by atoms with E-state index >= 15 is 0 Å². The summed E-state index contributed by atoms with van der Waals surface area (Å²) in [5, 5.41) is 0. The maximum atomic E-state index is 14.8. The molecule has 3 atom stereocenters. The number of carbonyl (C=O) groups excluding carboxylic acids is 1. The number of halogens is 4. The Kier molecular flexibility index (Phi) is 4.94. The molecule has 3 aromatic rings. The van der Waals surface area contributed by atoms with Crippen molar-refractivity contribution in [3.63, 3.8) is 0 Å². The van der Waals surface area contributed by atoms with E-state index in [9.17, 15) is 22.4 Å². The van der Waals surface area contributed by atoms with Crippen molar-refractivity contribution in [1.29, 1.82) is 0 Å². The summed E-state index contributed by atoms with van der Waals surface area (Å²) in [5.74, 6) is -0.899. The van der Waals surface area contributed by atoms with Crippen LogP contribution >= 0.6 is 0 Å². The molecule has 2 saturated heterocycles. The van der Waals surface area contributed by atoms with Crippen LogP contribution in [0.2, 0.25) is 0 Å². The van der Waals surface area contributed by atoms with Gasteiger partial charge in [0.25, 0.3) is 5.91 Å². The van der Waals surface area contributed by atoms with Gasteiger partial charge in [0.05, 0.1) is 29.2 Å². The molecule has 2 aromatic heterocycles. The quantitative estimate of drug-likeness (QED) is 0.551. The summed E-state index contributed by atoms with van der Waals surface area (Å²) in [7, 11) is 0. The Morgan fingerprint density at radius 1 is 1.16 bits per heavy atom. The molecule has 0 radical (unpaired) electrons. The van der Waals surface area contributed by atoms with Crippen LogP contribution in [0.25, 0.3) is 11.5 Å². The number of aromatic nitrogens is 3. The number of benzene rings is 1. The summed E-state index contributed by atoms with van der Waals surface area (Å²) in [5.41, 5.74) is -0.391. The number of hydrogen-bond acceptors (Lipinski definition) is 5. The summed E-state index contributed by atoms with van der Waals surface area (Å²) < 4.78 is 58.2. The highest BCUT2D eigenvalue weighted by molar-refractivity contribution is 6.01.